The first kappa shape index (κ1) is 16.3. The second-order valence-corrected chi connectivity index (χ2v) is 7.26. The number of thioether (sulfide) groups is 1. The van der Waals surface area contributed by atoms with Crippen LogP contribution in [-0.4, -0.2) is 16.8 Å². The van der Waals surface area contributed by atoms with Crippen LogP contribution in [0.15, 0.2) is 35.4 Å². The maximum Gasteiger partial charge on any atom is 0.101 e. The molecule has 0 aliphatic heterocycles. The highest BCUT2D eigenvalue weighted by molar-refractivity contribution is 7.99. The molecule has 114 valence electrons. The number of aromatic nitrogens is 1. The van der Waals surface area contributed by atoms with Crippen LogP contribution < -0.4 is 5.32 Å². The van der Waals surface area contributed by atoms with Crippen LogP contribution in [0.4, 0.5) is 0 Å². The third-order valence-corrected chi connectivity index (χ3v) is 5.23. The minimum atomic E-state index is 0.573. The molecule has 0 radical (unpaired) electrons. The molecule has 1 N–H and O–H groups in total. The van der Waals surface area contributed by atoms with Crippen molar-refractivity contribution in [3.8, 4) is 0 Å². The third-order valence-electron chi connectivity index (χ3n) is 3.74. The molecule has 1 aromatic heterocycles. The molecule has 0 aliphatic carbocycles. The van der Waals surface area contributed by atoms with Gasteiger partial charge in [-0.1, -0.05) is 45.9 Å². The molecule has 0 aliphatic rings. The summed E-state index contributed by atoms with van der Waals surface area (Å²) in [6.07, 6.45) is 1.16. The second-order valence-electron chi connectivity index (χ2n) is 5.89. The van der Waals surface area contributed by atoms with Gasteiger partial charge in [0.15, 0.2) is 0 Å². The largest absolute Gasteiger partial charge is 0.313 e. The van der Waals surface area contributed by atoms with Crippen LogP contribution in [0.3, 0.4) is 0 Å². The topological polar surface area (TPSA) is 24.9 Å². The van der Waals surface area contributed by atoms with Crippen LogP contribution in [0, 0.1) is 5.92 Å². The molecule has 0 bridgehead atoms. The summed E-state index contributed by atoms with van der Waals surface area (Å²) < 4.78 is 0. The Balaban J connectivity index is 2.31. The SMILES string of the molecule is CCCNCc1cc2ccccc2nc1SC(C)C(C)C. The lowest BCUT2D eigenvalue weighted by molar-refractivity contribution is 0.639. The standard InChI is InChI=1S/C18H26N2S/c1-5-10-19-12-16-11-15-8-6-7-9-17(15)20-18(16)21-14(4)13(2)3/h6-9,11,13-14,19H,5,10,12H2,1-4H3. The Kier molecular flexibility index (Phi) is 6.07. The molecule has 0 amide bonds. The molecule has 21 heavy (non-hydrogen) atoms. The number of fused-ring (bicyclic) bond motifs is 1. The summed E-state index contributed by atoms with van der Waals surface area (Å²) in [6.45, 7) is 11.0. The molecule has 1 atom stereocenters. The van der Waals surface area contributed by atoms with E-state index in [1.54, 1.807) is 0 Å². The Hall–Kier alpha value is -1.06. The van der Waals surface area contributed by atoms with Gasteiger partial charge in [-0.15, -0.1) is 11.8 Å². The molecular formula is C18H26N2S. The van der Waals surface area contributed by atoms with E-state index in [9.17, 15) is 0 Å². The molecule has 0 spiro atoms. The number of hydrogen-bond donors (Lipinski definition) is 1. The van der Waals surface area contributed by atoms with Gasteiger partial charge in [-0.3, -0.25) is 0 Å². The summed E-state index contributed by atoms with van der Waals surface area (Å²) in [4.78, 5) is 4.90. The van der Waals surface area contributed by atoms with Crippen LogP contribution in [0.1, 0.15) is 39.7 Å². The lowest BCUT2D eigenvalue weighted by atomic mass is 10.1. The first-order valence-corrected chi connectivity index (χ1v) is 8.75. The number of benzene rings is 1. The van der Waals surface area contributed by atoms with E-state index in [0.717, 1.165) is 25.0 Å². The summed E-state index contributed by atoms with van der Waals surface area (Å²) in [5, 5.41) is 6.49. The fourth-order valence-corrected chi connectivity index (χ4v) is 3.14. The van der Waals surface area contributed by atoms with Gasteiger partial charge >= 0.3 is 0 Å². The van der Waals surface area contributed by atoms with Crippen molar-refractivity contribution >= 4 is 22.7 Å². The zero-order chi connectivity index (χ0) is 15.2. The number of pyridine rings is 1. The van der Waals surface area contributed by atoms with Crippen molar-refractivity contribution in [2.75, 3.05) is 6.54 Å². The second kappa shape index (κ2) is 7.81. The molecule has 0 saturated carbocycles. The van der Waals surface area contributed by atoms with E-state index in [0.29, 0.717) is 11.2 Å². The Labute approximate surface area is 132 Å². The predicted octanol–water partition coefficient (Wildman–Crippen LogP) is 4.87. The van der Waals surface area contributed by atoms with E-state index in [2.05, 4.69) is 63.3 Å². The van der Waals surface area contributed by atoms with Crippen molar-refractivity contribution in [3.05, 3.63) is 35.9 Å². The Morgan fingerprint density at radius 1 is 1.19 bits per heavy atom. The fourth-order valence-electron chi connectivity index (χ4n) is 2.08. The quantitative estimate of drug-likeness (QED) is 0.583. The van der Waals surface area contributed by atoms with Gasteiger partial charge in [-0.25, -0.2) is 4.98 Å². The van der Waals surface area contributed by atoms with Crippen molar-refractivity contribution < 1.29 is 0 Å². The Morgan fingerprint density at radius 3 is 2.67 bits per heavy atom. The van der Waals surface area contributed by atoms with Gasteiger partial charge < -0.3 is 5.32 Å². The minimum Gasteiger partial charge on any atom is -0.313 e. The van der Waals surface area contributed by atoms with Crippen LogP contribution in [0.25, 0.3) is 10.9 Å². The average molecular weight is 302 g/mol. The highest BCUT2D eigenvalue weighted by Crippen LogP contribution is 2.31. The van der Waals surface area contributed by atoms with Crippen LogP contribution in [-0.2, 0) is 6.54 Å². The van der Waals surface area contributed by atoms with Gasteiger partial charge in [0, 0.05) is 17.2 Å². The summed E-state index contributed by atoms with van der Waals surface area (Å²) in [7, 11) is 0. The van der Waals surface area contributed by atoms with Gasteiger partial charge in [0.05, 0.1) is 5.52 Å². The molecular weight excluding hydrogens is 276 g/mol. The summed E-state index contributed by atoms with van der Waals surface area (Å²) in [5.74, 6) is 0.653. The molecule has 1 aromatic carbocycles. The molecule has 1 heterocycles. The molecule has 2 nitrogen and oxygen atoms in total. The average Bonchev–Trinajstić information content (AvgIpc) is 2.47. The van der Waals surface area contributed by atoms with Gasteiger partial charge in [0.1, 0.15) is 5.03 Å². The summed E-state index contributed by atoms with van der Waals surface area (Å²) >= 11 is 1.90. The fraction of sp³-hybridized carbons (Fsp3) is 0.500. The normalized spacial score (nSPS) is 13.0. The maximum atomic E-state index is 4.90. The van der Waals surface area contributed by atoms with E-state index in [1.165, 1.54) is 16.0 Å². The van der Waals surface area contributed by atoms with E-state index in [4.69, 9.17) is 4.98 Å². The first-order valence-electron chi connectivity index (χ1n) is 7.87. The Morgan fingerprint density at radius 2 is 1.95 bits per heavy atom. The van der Waals surface area contributed by atoms with E-state index < -0.39 is 0 Å². The maximum absolute atomic E-state index is 4.90. The third kappa shape index (κ3) is 4.45. The van der Waals surface area contributed by atoms with E-state index in [-0.39, 0.29) is 0 Å². The van der Waals surface area contributed by atoms with Crippen LogP contribution in [0.5, 0.6) is 0 Å². The molecule has 3 heteroatoms. The van der Waals surface area contributed by atoms with Gasteiger partial charge in [-0.2, -0.15) is 0 Å². The zero-order valence-electron chi connectivity index (χ0n) is 13.5. The number of para-hydroxylation sites is 1. The van der Waals surface area contributed by atoms with Gasteiger partial charge in [-0.05, 0) is 36.6 Å². The lowest BCUT2D eigenvalue weighted by Crippen LogP contribution is -2.15. The monoisotopic (exact) mass is 302 g/mol. The van der Waals surface area contributed by atoms with Crippen molar-refractivity contribution in [2.24, 2.45) is 5.92 Å². The minimum absolute atomic E-state index is 0.573. The smallest absolute Gasteiger partial charge is 0.101 e. The predicted molar refractivity (Wildman–Crippen MR) is 93.9 cm³/mol. The molecule has 1 unspecified atom stereocenters. The number of rotatable bonds is 7. The highest BCUT2D eigenvalue weighted by Gasteiger charge is 2.14. The van der Waals surface area contributed by atoms with Crippen molar-refractivity contribution in [2.45, 2.75) is 50.9 Å². The number of hydrogen-bond acceptors (Lipinski definition) is 3. The number of nitrogens with one attached hydrogen (secondary N) is 1. The zero-order valence-corrected chi connectivity index (χ0v) is 14.3. The van der Waals surface area contributed by atoms with Crippen LogP contribution >= 0.6 is 11.8 Å². The summed E-state index contributed by atoms with van der Waals surface area (Å²) in [5.41, 5.74) is 2.41. The summed E-state index contributed by atoms with van der Waals surface area (Å²) in [6, 6.07) is 10.7. The van der Waals surface area contributed by atoms with Gasteiger partial charge in [0.2, 0.25) is 0 Å². The highest BCUT2D eigenvalue weighted by atomic mass is 32.2. The van der Waals surface area contributed by atoms with Crippen molar-refractivity contribution in [3.63, 3.8) is 0 Å². The molecule has 2 aromatic rings. The van der Waals surface area contributed by atoms with E-state index in [1.807, 2.05) is 11.8 Å². The first-order chi connectivity index (χ1) is 10.1. The molecule has 2 rings (SSSR count). The lowest BCUT2D eigenvalue weighted by Gasteiger charge is -2.17. The van der Waals surface area contributed by atoms with Gasteiger partial charge in [0.25, 0.3) is 0 Å². The Bertz CT molecular complexity index is 580. The van der Waals surface area contributed by atoms with Crippen molar-refractivity contribution in [1.82, 2.24) is 10.3 Å². The molecule has 0 saturated heterocycles. The van der Waals surface area contributed by atoms with E-state index >= 15 is 0 Å². The van der Waals surface area contributed by atoms with Crippen LogP contribution in [0.2, 0.25) is 0 Å². The molecule has 0 fully saturated rings. The van der Waals surface area contributed by atoms with Crippen molar-refractivity contribution in [1.29, 1.82) is 0 Å². The number of nitrogens with zero attached hydrogens (tertiary/aromatic N) is 1.